The average Bonchev–Trinajstić information content (AvgIpc) is 2.67. The van der Waals surface area contributed by atoms with Gasteiger partial charge in [-0.15, -0.1) is 0 Å². The van der Waals surface area contributed by atoms with Gasteiger partial charge >= 0.3 is 0 Å². The quantitative estimate of drug-likeness (QED) is 0.688. The van der Waals surface area contributed by atoms with E-state index in [1.54, 1.807) is 0 Å². The van der Waals surface area contributed by atoms with Crippen molar-refractivity contribution in [1.29, 1.82) is 0 Å². The zero-order valence-corrected chi connectivity index (χ0v) is 16.2. The summed E-state index contributed by atoms with van der Waals surface area (Å²) in [5.41, 5.74) is 1.94. The monoisotopic (exact) mass is 418 g/mol. The summed E-state index contributed by atoms with van der Waals surface area (Å²) in [7, 11) is 0. The van der Waals surface area contributed by atoms with Crippen molar-refractivity contribution in [3.8, 4) is 5.75 Å². The van der Waals surface area contributed by atoms with E-state index in [1.807, 2.05) is 42.5 Å². The van der Waals surface area contributed by atoms with Crippen LogP contribution in [-0.2, 0) is 9.53 Å². The van der Waals surface area contributed by atoms with Crippen molar-refractivity contribution in [1.82, 2.24) is 0 Å². The SMILES string of the molecule is O=C(CCCOc1ccccc1Br)Nc1cccc(N2CCOCC2)c1. The minimum Gasteiger partial charge on any atom is -0.492 e. The highest BCUT2D eigenvalue weighted by molar-refractivity contribution is 9.10. The zero-order valence-electron chi connectivity index (χ0n) is 14.6. The Morgan fingerprint density at radius 1 is 1.15 bits per heavy atom. The number of morpholine rings is 1. The van der Waals surface area contributed by atoms with Crippen LogP contribution in [0.3, 0.4) is 0 Å². The Morgan fingerprint density at radius 3 is 2.77 bits per heavy atom. The molecule has 1 heterocycles. The van der Waals surface area contributed by atoms with Crippen LogP contribution in [0.4, 0.5) is 11.4 Å². The molecule has 2 aromatic carbocycles. The van der Waals surface area contributed by atoms with E-state index in [0.717, 1.165) is 47.9 Å². The molecule has 1 aliphatic heterocycles. The summed E-state index contributed by atoms with van der Waals surface area (Å²) in [6.07, 6.45) is 1.09. The lowest BCUT2D eigenvalue weighted by Crippen LogP contribution is -2.36. The first-order valence-electron chi connectivity index (χ1n) is 8.82. The van der Waals surface area contributed by atoms with Crippen LogP contribution in [0.5, 0.6) is 5.75 Å². The van der Waals surface area contributed by atoms with E-state index in [1.165, 1.54) is 0 Å². The van der Waals surface area contributed by atoms with Crippen LogP contribution in [0, 0.1) is 0 Å². The second kappa shape index (κ2) is 9.59. The summed E-state index contributed by atoms with van der Waals surface area (Å²) in [6, 6.07) is 15.7. The average molecular weight is 419 g/mol. The molecule has 0 atom stereocenters. The van der Waals surface area contributed by atoms with Crippen molar-refractivity contribution >= 4 is 33.2 Å². The molecule has 1 aliphatic rings. The number of ether oxygens (including phenoxy) is 2. The molecule has 1 fully saturated rings. The van der Waals surface area contributed by atoms with E-state index < -0.39 is 0 Å². The summed E-state index contributed by atoms with van der Waals surface area (Å²) in [5.74, 6) is 0.797. The lowest BCUT2D eigenvalue weighted by atomic mass is 10.2. The van der Waals surface area contributed by atoms with E-state index in [0.29, 0.717) is 19.4 Å². The van der Waals surface area contributed by atoms with Crippen molar-refractivity contribution in [3.05, 3.63) is 53.0 Å². The second-order valence-corrected chi connectivity index (χ2v) is 6.93. The first-order chi connectivity index (χ1) is 12.7. The Labute approximate surface area is 162 Å². The Balaban J connectivity index is 1.44. The van der Waals surface area contributed by atoms with Crippen LogP contribution in [0.15, 0.2) is 53.0 Å². The van der Waals surface area contributed by atoms with Gasteiger partial charge in [-0.25, -0.2) is 0 Å². The summed E-state index contributed by atoms with van der Waals surface area (Å²) < 4.78 is 12.0. The molecule has 0 radical (unpaired) electrons. The molecule has 0 spiro atoms. The fourth-order valence-electron chi connectivity index (χ4n) is 2.80. The number of amides is 1. The smallest absolute Gasteiger partial charge is 0.224 e. The molecule has 0 aliphatic carbocycles. The number of benzene rings is 2. The third kappa shape index (κ3) is 5.47. The molecule has 1 saturated heterocycles. The number of rotatable bonds is 7. The van der Waals surface area contributed by atoms with E-state index in [4.69, 9.17) is 9.47 Å². The van der Waals surface area contributed by atoms with Crippen LogP contribution >= 0.6 is 15.9 Å². The van der Waals surface area contributed by atoms with Crippen molar-refractivity contribution in [3.63, 3.8) is 0 Å². The van der Waals surface area contributed by atoms with E-state index in [9.17, 15) is 4.79 Å². The maximum atomic E-state index is 12.2. The minimum atomic E-state index is -0.000134. The summed E-state index contributed by atoms with van der Waals surface area (Å²) in [4.78, 5) is 14.4. The molecule has 138 valence electrons. The molecule has 5 nitrogen and oxygen atoms in total. The molecule has 26 heavy (non-hydrogen) atoms. The summed E-state index contributed by atoms with van der Waals surface area (Å²) in [5, 5.41) is 2.97. The van der Waals surface area contributed by atoms with Crippen LogP contribution < -0.4 is 15.0 Å². The summed E-state index contributed by atoms with van der Waals surface area (Å²) >= 11 is 3.44. The molecule has 0 bridgehead atoms. The highest BCUT2D eigenvalue weighted by atomic mass is 79.9. The van der Waals surface area contributed by atoms with E-state index >= 15 is 0 Å². The van der Waals surface area contributed by atoms with Crippen molar-refractivity contribution in [2.75, 3.05) is 43.1 Å². The number of para-hydroxylation sites is 1. The van der Waals surface area contributed by atoms with Gasteiger partial charge in [0.25, 0.3) is 0 Å². The van der Waals surface area contributed by atoms with Crippen molar-refractivity contribution in [2.45, 2.75) is 12.8 Å². The minimum absolute atomic E-state index is 0.000134. The van der Waals surface area contributed by atoms with Gasteiger partial charge in [0.1, 0.15) is 5.75 Å². The van der Waals surface area contributed by atoms with Gasteiger partial charge in [0.05, 0.1) is 24.3 Å². The van der Waals surface area contributed by atoms with Crippen LogP contribution in [0.1, 0.15) is 12.8 Å². The Bertz CT molecular complexity index is 733. The molecule has 2 aromatic rings. The van der Waals surface area contributed by atoms with Gasteiger partial charge < -0.3 is 19.7 Å². The third-order valence-electron chi connectivity index (χ3n) is 4.15. The third-order valence-corrected chi connectivity index (χ3v) is 4.80. The lowest BCUT2D eigenvalue weighted by molar-refractivity contribution is -0.116. The standard InChI is InChI=1S/C20H23BrN2O3/c21-18-7-1-2-8-19(18)26-12-4-9-20(24)22-16-5-3-6-17(15-16)23-10-13-25-14-11-23/h1-3,5-8,15H,4,9-14H2,(H,22,24). The molecular formula is C20H23BrN2O3. The first-order valence-corrected chi connectivity index (χ1v) is 9.61. The molecule has 3 rings (SSSR count). The zero-order chi connectivity index (χ0) is 18.2. The normalized spacial score (nSPS) is 14.1. The van der Waals surface area contributed by atoms with Crippen molar-refractivity contribution in [2.24, 2.45) is 0 Å². The van der Waals surface area contributed by atoms with E-state index in [2.05, 4.69) is 32.2 Å². The molecule has 6 heteroatoms. The molecule has 0 aromatic heterocycles. The molecule has 1 N–H and O–H groups in total. The fourth-order valence-corrected chi connectivity index (χ4v) is 3.20. The number of hydrogen-bond acceptors (Lipinski definition) is 4. The van der Waals surface area contributed by atoms with Gasteiger partial charge in [-0.1, -0.05) is 18.2 Å². The Morgan fingerprint density at radius 2 is 1.96 bits per heavy atom. The van der Waals surface area contributed by atoms with Gasteiger partial charge in [-0.3, -0.25) is 4.79 Å². The molecule has 0 saturated carbocycles. The number of nitrogens with one attached hydrogen (secondary N) is 1. The van der Waals surface area contributed by atoms with Crippen LogP contribution in [-0.4, -0.2) is 38.8 Å². The Kier molecular flexibility index (Phi) is 6.91. The highest BCUT2D eigenvalue weighted by Gasteiger charge is 2.12. The highest BCUT2D eigenvalue weighted by Crippen LogP contribution is 2.24. The number of carbonyl (C=O) groups excluding carboxylic acids is 1. The van der Waals surface area contributed by atoms with E-state index in [-0.39, 0.29) is 5.91 Å². The number of hydrogen-bond donors (Lipinski definition) is 1. The molecular weight excluding hydrogens is 396 g/mol. The van der Waals surface area contributed by atoms with Gasteiger partial charge in [0.2, 0.25) is 5.91 Å². The maximum absolute atomic E-state index is 12.2. The van der Waals surface area contributed by atoms with Crippen LogP contribution in [0.25, 0.3) is 0 Å². The molecule has 0 unspecified atom stereocenters. The number of anilines is 2. The first kappa shape index (κ1) is 18.7. The van der Waals surface area contributed by atoms with Gasteiger partial charge in [-0.05, 0) is 52.7 Å². The predicted molar refractivity (Wildman–Crippen MR) is 107 cm³/mol. The lowest BCUT2D eigenvalue weighted by Gasteiger charge is -2.29. The van der Waals surface area contributed by atoms with Gasteiger partial charge in [0, 0.05) is 30.9 Å². The second-order valence-electron chi connectivity index (χ2n) is 6.08. The number of nitrogens with zero attached hydrogens (tertiary/aromatic N) is 1. The molecule has 1 amide bonds. The predicted octanol–water partition coefficient (Wildman–Crippen LogP) is 4.08. The number of halogens is 1. The number of carbonyl (C=O) groups is 1. The summed E-state index contributed by atoms with van der Waals surface area (Å²) in [6.45, 7) is 3.75. The van der Waals surface area contributed by atoms with Crippen LogP contribution in [0.2, 0.25) is 0 Å². The van der Waals surface area contributed by atoms with Gasteiger partial charge in [0.15, 0.2) is 0 Å². The topological polar surface area (TPSA) is 50.8 Å². The van der Waals surface area contributed by atoms with Crippen molar-refractivity contribution < 1.29 is 14.3 Å². The fraction of sp³-hybridized carbons (Fsp3) is 0.350. The largest absolute Gasteiger partial charge is 0.492 e. The Hall–Kier alpha value is -2.05. The van der Waals surface area contributed by atoms with Gasteiger partial charge in [-0.2, -0.15) is 0 Å². The maximum Gasteiger partial charge on any atom is 0.224 e.